The number of furan rings is 1. The Hall–Kier alpha value is -2.82. The summed E-state index contributed by atoms with van der Waals surface area (Å²) in [6, 6.07) is 2.71. The Labute approximate surface area is 160 Å². The molecule has 0 aliphatic carbocycles. The summed E-state index contributed by atoms with van der Waals surface area (Å²) in [6.45, 7) is -0.174. The Bertz CT molecular complexity index is 982. The zero-order valence-electron chi connectivity index (χ0n) is 14.4. The predicted molar refractivity (Wildman–Crippen MR) is 89.3 cm³/mol. The van der Waals surface area contributed by atoms with Crippen molar-refractivity contribution in [2.24, 2.45) is 7.05 Å². The molecule has 12 heteroatoms. The average molecular weight is 420 g/mol. The first kappa shape index (κ1) is 19.9. The Balaban J connectivity index is 1.72. The van der Waals surface area contributed by atoms with E-state index in [0.717, 1.165) is 5.56 Å². The summed E-state index contributed by atoms with van der Waals surface area (Å²) in [4.78, 5) is 12.1. The lowest BCUT2D eigenvalue weighted by molar-refractivity contribution is 0.0920. The van der Waals surface area contributed by atoms with Crippen molar-refractivity contribution in [1.82, 2.24) is 24.9 Å². The first-order valence-corrected chi connectivity index (χ1v) is 8.31. The van der Waals surface area contributed by atoms with Crippen LogP contribution in [-0.2, 0) is 20.1 Å². The molecule has 3 aromatic heterocycles. The van der Waals surface area contributed by atoms with Gasteiger partial charge in [-0.3, -0.25) is 14.2 Å². The molecule has 3 aromatic rings. The molecular formula is C16H14ClF4N5O2. The van der Waals surface area contributed by atoms with E-state index in [1.807, 2.05) is 0 Å². The molecule has 150 valence electrons. The van der Waals surface area contributed by atoms with E-state index in [4.69, 9.17) is 16.0 Å². The smallest absolute Gasteiger partial charge is 0.287 e. The molecule has 0 fully saturated rings. The minimum Gasteiger partial charge on any atom is -0.454 e. The fourth-order valence-electron chi connectivity index (χ4n) is 2.51. The topological polar surface area (TPSA) is 77.9 Å². The standard InChI is InChI=1S/C16H14ClF4N5O2/c1-25-6-8(5-23-25)4-22-16(27)10-3-2-9(28-10)7-26-13(15(20)21)11(17)12(24-26)14(18)19/h2-3,5-6,14-15H,4,7H2,1H3,(H,22,27). The molecule has 1 amide bonds. The molecule has 1 N–H and O–H groups in total. The quantitative estimate of drug-likeness (QED) is 0.592. The van der Waals surface area contributed by atoms with Crippen LogP contribution in [0.3, 0.4) is 0 Å². The van der Waals surface area contributed by atoms with Crippen molar-refractivity contribution in [3.63, 3.8) is 0 Å². The highest BCUT2D eigenvalue weighted by molar-refractivity contribution is 6.32. The maximum absolute atomic E-state index is 13.2. The molecule has 0 bridgehead atoms. The third-order valence-corrected chi connectivity index (χ3v) is 4.16. The summed E-state index contributed by atoms with van der Waals surface area (Å²) in [5.74, 6) is -0.519. The van der Waals surface area contributed by atoms with Crippen molar-refractivity contribution in [1.29, 1.82) is 0 Å². The second kappa shape index (κ2) is 8.05. The number of hydrogen-bond acceptors (Lipinski definition) is 4. The van der Waals surface area contributed by atoms with Crippen molar-refractivity contribution < 1.29 is 26.8 Å². The van der Waals surface area contributed by atoms with Crippen molar-refractivity contribution >= 4 is 17.5 Å². The number of carbonyl (C=O) groups is 1. The van der Waals surface area contributed by atoms with Crippen LogP contribution in [0.5, 0.6) is 0 Å². The number of rotatable bonds is 7. The SMILES string of the molecule is Cn1cc(CNC(=O)c2ccc(Cn3nc(C(F)F)c(Cl)c3C(F)F)o2)cn1. The van der Waals surface area contributed by atoms with Gasteiger partial charge in [0.25, 0.3) is 18.8 Å². The summed E-state index contributed by atoms with van der Waals surface area (Å²) in [6.07, 6.45) is -2.90. The average Bonchev–Trinajstić information content (AvgIpc) is 3.32. The molecule has 0 saturated carbocycles. The van der Waals surface area contributed by atoms with E-state index in [2.05, 4.69) is 15.5 Å². The number of aromatic nitrogens is 4. The van der Waals surface area contributed by atoms with Crippen LogP contribution in [0, 0.1) is 0 Å². The van der Waals surface area contributed by atoms with Crippen molar-refractivity contribution in [2.45, 2.75) is 25.9 Å². The van der Waals surface area contributed by atoms with E-state index in [1.165, 1.54) is 12.1 Å². The largest absolute Gasteiger partial charge is 0.454 e. The highest BCUT2D eigenvalue weighted by atomic mass is 35.5. The Morgan fingerprint density at radius 3 is 2.64 bits per heavy atom. The highest BCUT2D eigenvalue weighted by Gasteiger charge is 2.28. The van der Waals surface area contributed by atoms with Crippen LogP contribution in [0.25, 0.3) is 0 Å². The van der Waals surface area contributed by atoms with E-state index < -0.39 is 35.2 Å². The lowest BCUT2D eigenvalue weighted by Gasteiger charge is -2.05. The normalized spacial score (nSPS) is 11.6. The van der Waals surface area contributed by atoms with Gasteiger partial charge in [0.2, 0.25) is 0 Å². The molecule has 3 rings (SSSR count). The molecule has 0 aliphatic rings. The first-order chi connectivity index (χ1) is 13.3. The monoisotopic (exact) mass is 419 g/mol. The fourth-order valence-corrected chi connectivity index (χ4v) is 2.81. The molecular weight excluding hydrogens is 406 g/mol. The number of hydrogen-bond donors (Lipinski definition) is 1. The summed E-state index contributed by atoms with van der Waals surface area (Å²) in [5.41, 5.74) is -0.996. The van der Waals surface area contributed by atoms with Gasteiger partial charge in [0, 0.05) is 25.4 Å². The predicted octanol–water partition coefficient (Wildman–Crippen LogP) is 3.72. The van der Waals surface area contributed by atoms with E-state index >= 15 is 0 Å². The summed E-state index contributed by atoms with van der Waals surface area (Å²) in [7, 11) is 1.73. The second-order valence-electron chi connectivity index (χ2n) is 5.81. The highest BCUT2D eigenvalue weighted by Crippen LogP contribution is 2.35. The van der Waals surface area contributed by atoms with Crippen LogP contribution in [0.1, 0.15) is 46.1 Å². The molecule has 0 radical (unpaired) electrons. The molecule has 0 unspecified atom stereocenters. The Morgan fingerprint density at radius 1 is 1.29 bits per heavy atom. The molecule has 0 aromatic carbocycles. The number of nitrogens with zero attached hydrogens (tertiary/aromatic N) is 4. The van der Waals surface area contributed by atoms with E-state index in [-0.39, 0.29) is 24.6 Å². The Morgan fingerprint density at radius 2 is 2.04 bits per heavy atom. The summed E-state index contributed by atoms with van der Waals surface area (Å²) >= 11 is 5.60. The van der Waals surface area contributed by atoms with Gasteiger partial charge in [0.1, 0.15) is 17.1 Å². The van der Waals surface area contributed by atoms with Gasteiger partial charge in [0.05, 0.1) is 17.8 Å². The molecule has 0 aliphatic heterocycles. The van der Waals surface area contributed by atoms with Gasteiger partial charge in [-0.25, -0.2) is 17.6 Å². The molecule has 0 atom stereocenters. The number of aryl methyl sites for hydroxylation is 1. The van der Waals surface area contributed by atoms with Crippen LogP contribution in [-0.4, -0.2) is 25.5 Å². The Kier molecular flexibility index (Phi) is 5.73. The fraction of sp³-hybridized carbons (Fsp3) is 0.312. The zero-order valence-corrected chi connectivity index (χ0v) is 15.1. The van der Waals surface area contributed by atoms with Gasteiger partial charge >= 0.3 is 0 Å². The van der Waals surface area contributed by atoms with E-state index in [1.54, 1.807) is 24.1 Å². The molecule has 0 spiro atoms. The van der Waals surface area contributed by atoms with Gasteiger partial charge in [-0.2, -0.15) is 10.2 Å². The van der Waals surface area contributed by atoms with Gasteiger partial charge in [0.15, 0.2) is 5.76 Å². The van der Waals surface area contributed by atoms with Crippen LogP contribution in [0.15, 0.2) is 28.9 Å². The van der Waals surface area contributed by atoms with Crippen LogP contribution in [0.4, 0.5) is 17.6 Å². The number of halogens is 5. The van der Waals surface area contributed by atoms with Gasteiger partial charge < -0.3 is 9.73 Å². The van der Waals surface area contributed by atoms with Crippen LogP contribution < -0.4 is 5.32 Å². The number of nitrogens with one attached hydrogen (secondary N) is 1. The van der Waals surface area contributed by atoms with E-state index in [0.29, 0.717) is 4.68 Å². The minimum absolute atomic E-state index is 0.0650. The maximum atomic E-state index is 13.2. The van der Waals surface area contributed by atoms with Crippen LogP contribution >= 0.6 is 11.6 Å². The number of carbonyl (C=O) groups excluding carboxylic acids is 1. The number of amides is 1. The van der Waals surface area contributed by atoms with Crippen molar-refractivity contribution in [3.8, 4) is 0 Å². The lowest BCUT2D eigenvalue weighted by Crippen LogP contribution is -2.22. The lowest BCUT2D eigenvalue weighted by atomic mass is 10.3. The minimum atomic E-state index is -3.11. The second-order valence-corrected chi connectivity index (χ2v) is 6.19. The molecule has 28 heavy (non-hydrogen) atoms. The van der Waals surface area contributed by atoms with Crippen molar-refractivity contribution in [2.75, 3.05) is 0 Å². The van der Waals surface area contributed by atoms with Gasteiger partial charge in [-0.15, -0.1) is 0 Å². The maximum Gasteiger partial charge on any atom is 0.287 e. The van der Waals surface area contributed by atoms with Crippen molar-refractivity contribution in [3.05, 3.63) is 58.0 Å². The molecule has 3 heterocycles. The molecule has 0 saturated heterocycles. The third kappa shape index (κ3) is 4.19. The van der Waals surface area contributed by atoms with E-state index in [9.17, 15) is 22.4 Å². The van der Waals surface area contributed by atoms with Crippen LogP contribution in [0.2, 0.25) is 5.02 Å². The zero-order chi connectivity index (χ0) is 20.4. The summed E-state index contributed by atoms with van der Waals surface area (Å²) in [5, 5.41) is 9.24. The summed E-state index contributed by atoms with van der Waals surface area (Å²) < 4.78 is 59.6. The third-order valence-electron chi connectivity index (χ3n) is 3.77. The van der Waals surface area contributed by atoms with Gasteiger partial charge in [-0.05, 0) is 12.1 Å². The molecule has 7 nitrogen and oxygen atoms in total. The number of alkyl halides is 4. The first-order valence-electron chi connectivity index (χ1n) is 7.93. The van der Waals surface area contributed by atoms with Gasteiger partial charge in [-0.1, -0.05) is 11.6 Å².